The fourth-order valence-electron chi connectivity index (χ4n) is 2.78. The van der Waals surface area contributed by atoms with Crippen molar-refractivity contribution in [2.24, 2.45) is 0 Å². The summed E-state index contributed by atoms with van der Waals surface area (Å²) in [7, 11) is 0. The SMILES string of the molecule is CCCCC(=O)Nc1ccc(C(=O)N2C[C@H](C)O[C@@H](C)C2)cc1. The van der Waals surface area contributed by atoms with E-state index in [1.165, 1.54) is 0 Å². The summed E-state index contributed by atoms with van der Waals surface area (Å²) in [5.74, 6) is 0.0256. The smallest absolute Gasteiger partial charge is 0.254 e. The monoisotopic (exact) mass is 318 g/mol. The number of benzene rings is 1. The molecular weight excluding hydrogens is 292 g/mol. The summed E-state index contributed by atoms with van der Waals surface area (Å²) >= 11 is 0. The van der Waals surface area contributed by atoms with Gasteiger partial charge in [-0.1, -0.05) is 13.3 Å². The first-order chi connectivity index (χ1) is 11.0. The molecule has 1 aliphatic heterocycles. The molecule has 5 heteroatoms. The Morgan fingerprint density at radius 1 is 1.17 bits per heavy atom. The Labute approximate surface area is 138 Å². The van der Waals surface area contributed by atoms with E-state index in [9.17, 15) is 9.59 Å². The Kier molecular flexibility index (Phi) is 6.16. The van der Waals surface area contributed by atoms with E-state index in [2.05, 4.69) is 12.2 Å². The lowest BCUT2D eigenvalue weighted by atomic mass is 10.1. The highest BCUT2D eigenvalue weighted by atomic mass is 16.5. The van der Waals surface area contributed by atoms with Crippen LogP contribution in [-0.4, -0.2) is 42.0 Å². The number of ether oxygens (including phenoxy) is 1. The molecule has 0 radical (unpaired) electrons. The minimum Gasteiger partial charge on any atom is -0.372 e. The van der Waals surface area contributed by atoms with Gasteiger partial charge in [0.05, 0.1) is 12.2 Å². The highest BCUT2D eigenvalue weighted by Crippen LogP contribution is 2.16. The Hall–Kier alpha value is -1.88. The van der Waals surface area contributed by atoms with Crippen molar-refractivity contribution in [1.29, 1.82) is 0 Å². The summed E-state index contributed by atoms with van der Waals surface area (Å²) < 4.78 is 5.66. The van der Waals surface area contributed by atoms with E-state index in [1.807, 2.05) is 18.7 Å². The van der Waals surface area contributed by atoms with Gasteiger partial charge >= 0.3 is 0 Å². The molecule has 126 valence electrons. The number of hydrogen-bond acceptors (Lipinski definition) is 3. The van der Waals surface area contributed by atoms with Crippen molar-refractivity contribution in [3.63, 3.8) is 0 Å². The van der Waals surface area contributed by atoms with Gasteiger partial charge in [0.15, 0.2) is 0 Å². The Balaban J connectivity index is 1.96. The second-order valence-corrected chi connectivity index (χ2v) is 6.20. The molecule has 2 rings (SSSR count). The van der Waals surface area contributed by atoms with Crippen molar-refractivity contribution >= 4 is 17.5 Å². The van der Waals surface area contributed by atoms with Crippen LogP contribution in [-0.2, 0) is 9.53 Å². The van der Waals surface area contributed by atoms with E-state index in [0.29, 0.717) is 25.1 Å². The summed E-state index contributed by atoms with van der Waals surface area (Å²) in [4.78, 5) is 26.1. The third-order valence-electron chi connectivity index (χ3n) is 3.88. The largest absolute Gasteiger partial charge is 0.372 e. The van der Waals surface area contributed by atoms with Gasteiger partial charge in [-0.3, -0.25) is 9.59 Å². The molecule has 0 bridgehead atoms. The van der Waals surface area contributed by atoms with E-state index in [-0.39, 0.29) is 24.0 Å². The predicted molar refractivity (Wildman–Crippen MR) is 90.5 cm³/mol. The van der Waals surface area contributed by atoms with Crippen LogP contribution in [0.1, 0.15) is 50.4 Å². The summed E-state index contributed by atoms with van der Waals surface area (Å²) in [6.07, 6.45) is 2.52. The van der Waals surface area contributed by atoms with E-state index in [4.69, 9.17) is 4.74 Å². The van der Waals surface area contributed by atoms with Crippen molar-refractivity contribution in [3.8, 4) is 0 Å². The molecule has 1 aromatic carbocycles. The molecule has 1 fully saturated rings. The number of rotatable bonds is 5. The van der Waals surface area contributed by atoms with Gasteiger partial charge in [0.2, 0.25) is 5.91 Å². The number of carbonyl (C=O) groups is 2. The van der Waals surface area contributed by atoms with Crippen LogP contribution in [0.4, 0.5) is 5.69 Å². The van der Waals surface area contributed by atoms with Crippen LogP contribution in [0.3, 0.4) is 0 Å². The van der Waals surface area contributed by atoms with Crippen molar-refractivity contribution in [2.45, 2.75) is 52.2 Å². The molecule has 1 aliphatic rings. The fourth-order valence-corrected chi connectivity index (χ4v) is 2.78. The van der Waals surface area contributed by atoms with Gasteiger partial charge < -0.3 is 15.0 Å². The van der Waals surface area contributed by atoms with Crippen LogP contribution in [0, 0.1) is 0 Å². The first-order valence-corrected chi connectivity index (χ1v) is 8.34. The number of nitrogens with one attached hydrogen (secondary N) is 1. The Morgan fingerprint density at radius 2 is 1.78 bits per heavy atom. The maximum atomic E-state index is 12.5. The van der Waals surface area contributed by atoms with Crippen LogP contribution in [0.15, 0.2) is 24.3 Å². The maximum Gasteiger partial charge on any atom is 0.254 e. The lowest BCUT2D eigenvalue weighted by Gasteiger charge is -2.35. The highest BCUT2D eigenvalue weighted by Gasteiger charge is 2.26. The van der Waals surface area contributed by atoms with Gasteiger partial charge in [0.1, 0.15) is 0 Å². The predicted octanol–water partition coefficient (Wildman–Crippen LogP) is 3.06. The summed E-state index contributed by atoms with van der Waals surface area (Å²) in [6, 6.07) is 7.10. The molecule has 1 N–H and O–H groups in total. The molecule has 2 amide bonds. The van der Waals surface area contributed by atoms with Gasteiger partial charge in [-0.2, -0.15) is 0 Å². The zero-order valence-electron chi connectivity index (χ0n) is 14.2. The van der Waals surface area contributed by atoms with Gasteiger partial charge in [-0.15, -0.1) is 0 Å². The van der Waals surface area contributed by atoms with E-state index in [1.54, 1.807) is 24.3 Å². The third-order valence-corrected chi connectivity index (χ3v) is 3.88. The Morgan fingerprint density at radius 3 is 2.35 bits per heavy atom. The van der Waals surface area contributed by atoms with Gasteiger partial charge in [-0.05, 0) is 44.5 Å². The molecule has 1 saturated heterocycles. The van der Waals surface area contributed by atoms with E-state index >= 15 is 0 Å². The molecule has 5 nitrogen and oxygen atoms in total. The zero-order valence-corrected chi connectivity index (χ0v) is 14.2. The lowest BCUT2D eigenvalue weighted by Crippen LogP contribution is -2.48. The van der Waals surface area contributed by atoms with Crippen molar-refractivity contribution in [3.05, 3.63) is 29.8 Å². The number of morpholine rings is 1. The van der Waals surface area contributed by atoms with Gasteiger partial charge in [0, 0.05) is 30.8 Å². The zero-order chi connectivity index (χ0) is 16.8. The second-order valence-electron chi connectivity index (χ2n) is 6.20. The van der Waals surface area contributed by atoms with Gasteiger partial charge in [-0.25, -0.2) is 0 Å². The molecule has 23 heavy (non-hydrogen) atoms. The van der Waals surface area contributed by atoms with Crippen molar-refractivity contribution in [2.75, 3.05) is 18.4 Å². The number of hydrogen-bond donors (Lipinski definition) is 1. The Bertz CT molecular complexity index is 532. The normalized spacial score (nSPS) is 21.1. The van der Waals surface area contributed by atoms with Crippen LogP contribution in [0.5, 0.6) is 0 Å². The fraction of sp³-hybridized carbons (Fsp3) is 0.556. The second kappa shape index (κ2) is 8.11. The molecule has 0 aliphatic carbocycles. The van der Waals surface area contributed by atoms with Crippen LogP contribution in [0.25, 0.3) is 0 Å². The van der Waals surface area contributed by atoms with Crippen LogP contribution < -0.4 is 5.32 Å². The van der Waals surface area contributed by atoms with Crippen LogP contribution in [0.2, 0.25) is 0 Å². The minimum absolute atomic E-state index is 0.0101. The number of unbranched alkanes of at least 4 members (excludes halogenated alkanes) is 1. The minimum atomic E-state index is 0.0101. The quantitative estimate of drug-likeness (QED) is 0.907. The lowest BCUT2D eigenvalue weighted by molar-refractivity contribution is -0.116. The molecule has 0 aromatic heterocycles. The number of carbonyl (C=O) groups excluding carboxylic acids is 2. The highest BCUT2D eigenvalue weighted by molar-refractivity contribution is 5.95. The van der Waals surface area contributed by atoms with Gasteiger partial charge in [0.25, 0.3) is 5.91 Å². The van der Waals surface area contributed by atoms with Crippen LogP contribution >= 0.6 is 0 Å². The molecule has 2 atom stereocenters. The molecular formula is C18H26N2O3. The average Bonchev–Trinajstić information content (AvgIpc) is 2.52. The molecule has 0 unspecified atom stereocenters. The third kappa shape index (κ3) is 5.06. The summed E-state index contributed by atoms with van der Waals surface area (Å²) in [5.41, 5.74) is 1.37. The average molecular weight is 318 g/mol. The van der Waals surface area contributed by atoms with Crippen molar-refractivity contribution < 1.29 is 14.3 Å². The number of amides is 2. The first-order valence-electron chi connectivity index (χ1n) is 8.34. The van der Waals surface area contributed by atoms with E-state index < -0.39 is 0 Å². The standard InChI is InChI=1S/C18H26N2O3/c1-4-5-6-17(21)19-16-9-7-15(8-10-16)18(22)20-11-13(2)23-14(3)12-20/h7-10,13-14H,4-6,11-12H2,1-3H3,(H,19,21)/t13-,14-/m0/s1. The summed E-state index contributed by atoms with van der Waals surface area (Å²) in [6.45, 7) is 7.23. The maximum absolute atomic E-state index is 12.5. The molecule has 0 spiro atoms. The number of nitrogens with zero attached hydrogens (tertiary/aromatic N) is 1. The van der Waals surface area contributed by atoms with Crippen molar-refractivity contribution in [1.82, 2.24) is 4.90 Å². The summed E-state index contributed by atoms with van der Waals surface area (Å²) in [5, 5.41) is 2.85. The molecule has 1 heterocycles. The number of anilines is 1. The molecule has 0 saturated carbocycles. The molecule has 1 aromatic rings. The first kappa shape index (κ1) is 17.5. The van der Waals surface area contributed by atoms with E-state index in [0.717, 1.165) is 18.5 Å². The topological polar surface area (TPSA) is 58.6 Å².